The Balaban J connectivity index is 1.52. The van der Waals surface area contributed by atoms with Gasteiger partial charge in [-0.15, -0.1) is 12.8 Å². The van der Waals surface area contributed by atoms with Gasteiger partial charge in [0.1, 0.15) is 11.5 Å². The zero-order valence-electron chi connectivity index (χ0n) is 20.5. The number of terminal acetylenes is 2. The van der Waals surface area contributed by atoms with Gasteiger partial charge in [-0.3, -0.25) is 0 Å². The number of rotatable bonds is 8. The number of hydrogen-bond acceptors (Lipinski definition) is 5. The molecule has 2 N–H and O–H groups in total. The van der Waals surface area contributed by atoms with E-state index in [0.717, 1.165) is 9.79 Å². The minimum Gasteiger partial charge on any atom is -0.497 e. The first-order valence-corrected chi connectivity index (χ1v) is 12.3. The summed E-state index contributed by atoms with van der Waals surface area (Å²) in [5, 5.41) is 22.5. The van der Waals surface area contributed by atoms with Crippen LogP contribution in [0, 0.1) is 24.7 Å². The van der Waals surface area contributed by atoms with Crippen LogP contribution in [0.25, 0.3) is 0 Å². The van der Waals surface area contributed by atoms with Gasteiger partial charge in [-0.25, -0.2) is 0 Å². The van der Waals surface area contributed by atoms with Crippen LogP contribution in [0.4, 0.5) is 0 Å². The highest BCUT2D eigenvalue weighted by molar-refractivity contribution is 7.99. The smallest absolute Gasteiger partial charge is 0.176 e. The Morgan fingerprint density at radius 2 is 0.811 bits per heavy atom. The number of methoxy groups -OCH3 is 2. The van der Waals surface area contributed by atoms with E-state index in [9.17, 15) is 10.2 Å². The van der Waals surface area contributed by atoms with Crippen LogP contribution < -0.4 is 9.47 Å². The summed E-state index contributed by atoms with van der Waals surface area (Å²) in [5.74, 6) is 6.42. The van der Waals surface area contributed by atoms with Crippen molar-refractivity contribution < 1.29 is 19.7 Å². The molecule has 4 aromatic carbocycles. The first-order chi connectivity index (χ1) is 17.9. The molecule has 0 spiro atoms. The van der Waals surface area contributed by atoms with E-state index in [1.807, 2.05) is 48.5 Å². The monoisotopic (exact) mass is 506 g/mol. The molecule has 0 saturated carbocycles. The van der Waals surface area contributed by atoms with Crippen LogP contribution in [0.2, 0.25) is 0 Å². The molecule has 5 heteroatoms. The van der Waals surface area contributed by atoms with Gasteiger partial charge >= 0.3 is 0 Å². The SMILES string of the molecule is C#CC(O)(c1ccc(OC)cc1)c1ccc(Sc2ccc(C(O)(C#C)c3ccc(OC)cc3)cc2)cc1. The summed E-state index contributed by atoms with van der Waals surface area (Å²) in [4.78, 5) is 1.93. The van der Waals surface area contributed by atoms with Gasteiger partial charge in [-0.2, -0.15) is 0 Å². The molecule has 0 saturated heterocycles. The predicted molar refractivity (Wildman–Crippen MR) is 147 cm³/mol. The van der Waals surface area contributed by atoms with Crippen LogP contribution in [-0.4, -0.2) is 24.4 Å². The molecular weight excluding hydrogens is 480 g/mol. The minimum atomic E-state index is -1.56. The molecule has 0 fully saturated rings. The Bertz CT molecular complexity index is 1320. The molecule has 0 aliphatic carbocycles. The quantitative estimate of drug-likeness (QED) is 0.305. The molecule has 37 heavy (non-hydrogen) atoms. The summed E-state index contributed by atoms with van der Waals surface area (Å²) < 4.78 is 10.4. The fourth-order valence-electron chi connectivity index (χ4n) is 4.00. The van der Waals surface area contributed by atoms with E-state index in [1.54, 1.807) is 74.5 Å². The second-order valence-corrected chi connectivity index (χ2v) is 9.46. The fraction of sp³-hybridized carbons (Fsp3) is 0.125. The van der Waals surface area contributed by atoms with Gasteiger partial charge in [0.2, 0.25) is 0 Å². The highest BCUT2D eigenvalue weighted by Crippen LogP contribution is 2.35. The Morgan fingerprint density at radius 3 is 1.05 bits per heavy atom. The third kappa shape index (κ3) is 5.21. The molecule has 4 nitrogen and oxygen atoms in total. The molecule has 0 radical (unpaired) electrons. The molecule has 4 rings (SSSR count). The van der Waals surface area contributed by atoms with E-state index in [2.05, 4.69) is 11.8 Å². The van der Waals surface area contributed by atoms with Crippen LogP contribution in [0.5, 0.6) is 11.5 Å². The van der Waals surface area contributed by atoms with Gasteiger partial charge < -0.3 is 19.7 Å². The maximum absolute atomic E-state index is 11.2. The molecule has 0 amide bonds. The molecule has 184 valence electrons. The lowest BCUT2D eigenvalue weighted by molar-refractivity contribution is 0.145. The van der Waals surface area contributed by atoms with Gasteiger partial charge in [0.15, 0.2) is 11.2 Å². The molecule has 2 unspecified atom stereocenters. The normalized spacial score (nSPS) is 13.9. The van der Waals surface area contributed by atoms with Gasteiger partial charge in [0, 0.05) is 32.0 Å². The maximum Gasteiger partial charge on any atom is 0.176 e. The average molecular weight is 507 g/mol. The summed E-state index contributed by atoms with van der Waals surface area (Å²) in [7, 11) is 3.17. The van der Waals surface area contributed by atoms with E-state index >= 15 is 0 Å². The molecule has 4 aromatic rings. The van der Waals surface area contributed by atoms with E-state index in [-0.39, 0.29) is 0 Å². The van der Waals surface area contributed by atoms with Crippen molar-refractivity contribution >= 4 is 11.8 Å². The topological polar surface area (TPSA) is 58.9 Å². The number of benzene rings is 4. The zero-order valence-corrected chi connectivity index (χ0v) is 21.3. The Kier molecular flexibility index (Phi) is 7.62. The number of aliphatic hydroxyl groups is 2. The van der Waals surface area contributed by atoms with Gasteiger partial charge in [-0.05, 0) is 48.5 Å². The van der Waals surface area contributed by atoms with Gasteiger partial charge in [-0.1, -0.05) is 72.1 Å². The van der Waals surface area contributed by atoms with Gasteiger partial charge in [0.05, 0.1) is 14.2 Å². The van der Waals surface area contributed by atoms with Crippen LogP contribution in [0.1, 0.15) is 22.3 Å². The van der Waals surface area contributed by atoms with Crippen molar-refractivity contribution in [3.05, 3.63) is 119 Å². The van der Waals surface area contributed by atoms with Crippen molar-refractivity contribution in [1.29, 1.82) is 0 Å². The summed E-state index contributed by atoms with van der Waals surface area (Å²) >= 11 is 1.54. The van der Waals surface area contributed by atoms with Crippen molar-refractivity contribution in [1.82, 2.24) is 0 Å². The largest absolute Gasteiger partial charge is 0.497 e. The van der Waals surface area contributed by atoms with Crippen LogP contribution in [-0.2, 0) is 11.2 Å². The molecule has 2 atom stereocenters. The van der Waals surface area contributed by atoms with Crippen LogP contribution in [0.15, 0.2) is 107 Å². The molecule has 0 bridgehead atoms. The summed E-state index contributed by atoms with van der Waals surface area (Å²) in [5.41, 5.74) is -0.748. The second-order valence-electron chi connectivity index (χ2n) is 8.32. The molecule has 0 aliphatic heterocycles. The zero-order chi connectivity index (χ0) is 26.5. The van der Waals surface area contributed by atoms with Crippen LogP contribution in [0.3, 0.4) is 0 Å². The lowest BCUT2D eigenvalue weighted by Crippen LogP contribution is -2.25. The van der Waals surface area contributed by atoms with Crippen LogP contribution >= 0.6 is 11.8 Å². The van der Waals surface area contributed by atoms with Crippen molar-refractivity contribution in [2.24, 2.45) is 0 Å². The molecule has 0 aromatic heterocycles. The second kappa shape index (κ2) is 10.9. The van der Waals surface area contributed by atoms with E-state index < -0.39 is 11.2 Å². The number of hydrogen-bond donors (Lipinski definition) is 2. The Morgan fingerprint density at radius 1 is 0.541 bits per heavy atom. The van der Waals surface area contributed by atoms with Crippen molar-refractivity contribution in [3.63, 3.8) is 0 Å². The first kappa shape index (κ1) is 25.9. The summed E-state index contributed by atoms with van der Waals surface area (Å²) in [6.45, 7) is 0. The van der Waals surface area contributed by atoms with Gasteiger partial charge in [0.25, 0.3) is 0 Å². The average Bonchev–Trinajstić information content (AvgIpc) is 2.97. The third-order valence-electron chi connectivity index (χ3n) is 6.21. The van der Waals surface area contributed by atoms with E-state index in [1.165, 1.54) is 0 Å². The highest BCUT2D eigenvalue weighted by atomic mass is 32.2. The molecular formula is C32H26O4S. The maximum atomic E-state index is 11.2. The highest BCUT2D eigenvalue weighted by Gasteiger charge is 2.30. The predicted octanol–water partition coefficient (Wildman–Crippen LogP) is 5.59. The van der Waals surface area contributed by atoms with Crippen molar-refractivity contribution in [2.75, 3.05) is 14.2 Å². The standard InChI is InChI=1S/C32H26O4S/c1-5-31(33,23-7-15-27(35-3)16-8-23)25-11-19-29(20-12-25)37-30-21-13-26(14-22-30)32(34,6-2)24-9-17-28(36-4)18-10-24/h1-2,7-22,33-34H,3-4H3. The lowest BCUT2D eigenvalue weighted by atomic mass is 9.87. The lowest BCUT2D eigenvalue weighted by Gasteiger charge is -2.24. The minimum absolute atomic E-state index is 0.588. The number of ether oxygens (including phenoxy) is 2. The van der Waals surface area contributed by atoms with Crippen molar-refractivity contribution in [3.8, 4) is 36.2 Å². The van der Waals surface area contributed by atoms with E-state index in [0.29, 0.717) is 33.8 Å². The van der Waals surface area contributed by atoms with E-state index in [4.69, 9.17) is 22.3 Å². The summed E-state index contributed by atoms with van der Waals surface area (Å²) in [6.07, 6.45) is 11.5. The summed E-state index contributed by atoms with van der Waals surface area (Å²) in [6, 6.07) is 29.0. The third-order valence-corrected chi connectivity index (χ3v) is 7.23. The van der Waals surface area contributed by atoms with Crippen molar-refractivity contribution in [2.45, 2.75) is 21.0 Å². The Hall–Kier alpha value is -4.13. The fourth-order valence-corrected chi connectivity index (χ4v) is 4.81. The molecule has 0 heterocycles. The first-order valence-electron chi connectivity index (χ1n) is 11.4. The molecule has 0 aliphatic rings. The Labute approximate surface area is 221 Å².